The van der Waals surface area contributed by atoms with Gasteiger partial charge in [0.15, 0.2) is 0 Å². The minimum atomic E-state index is 0.00938. The van der Waals surface area contributed by atoms with Crippen LogP contribution < -0.4 is 5.32 Å². The van der Waals surface area contributed by atoms with Crippen LogP contribution in [0.1, 0.15) is 46.5 Å². The lowest BCUT2D eigenvalue weighted by molar-refractivity contribution is -0.134. The van der Waals surface area contributed by atoms with Crippen LogP contribution >= 0.6 is 0 Å². The largest absolute Gasteiger partial charge is 0.376 e. The van der Waals surface area contributed by atoms with Gasteiger partial charge in [-0.05, 0) is 31.2 Å². The van der Waals surface area contributed by atoms with E-state index < -0.39 is 0 Å². The number of ether oxygens (including phenoxy) is 1. The maximum absolute atomic E-state index is 12.7. The molecule has 3 aliphatic heterocycles. The third-order valence-electron chi connectivity index (χ3n) is 7.05. The number of carbonyl (C=O) groups is 2. The second-order valence-corrected chi connectivity index (χ2v) is 9.44. The van der Waals surface area contributed by atoms with Crippen LogP contribution in [0.2, 0.25) is 0 Å². The molecule has 1 N–H and O–H groups in total. The van der Waals surface area contributed by atoms with Gasteiger partial charge < -0.3 is 24.8 Å². The minimum Gasteiger partial charge on any atom is -0.376 e. The van der Waals surface area contributed by atoms with Crippen LogP contribution in [0.3, 0.4) is 0 Å². The molecule has 7 heteroatoms. The zero-order chi connectivity index (χ0) is 20.9. The Kier molecular flexibility index (Phi) is 7.93. The van der Waals surface area contributed by atoms with Crippen molar-refractivity contribution in [3.63, 3.8) is 0 Å². The normalized spacial score (nSPS) is 25.7. The molecular formula is C22H40N4O3. The van der Waals surface area contributed by atoms with E-state index in [0.29, 0.717) is 18.9 Å². The molecule has 29 heavy (non-hydrogen) atoms. The topological polar surface area (TPSA) is 65.1 Å². The van der Waals surface area contributed by atoms with Gasteiger partial charge >= 0.3 is 0 Å². The summed E-state index contributed by atoms with van der Waals surface area (Å²) in [4.78, 5) is 31.4. The van der Waals surface area contributed by atoms with Crippen molar-refractivity contribution in [3.05, 3.63) is 0 Å². The Bertz CT molecular complexity index is 552. The Morgan fingerprint density at radius 3 is 2.34 bits per heavy atom. The average Bonchev–Trinajstić information content (AvgIpc) is 3.13. The lowest BCUT2D eigenvalue weighted by Gasteiger charge is -2.39. The average molecular weight is 409 g/mol. The molecule has 1 unspecified atom stereocenters. The fourth-order valence-electron chi connectivity index (χ4n) is 4.77. The summed E-state index contributed by atoms with van der Waals surface area (Å²) in [6, 6.07) is 0. The molecule has 7 nitrogen and oxygen atoms in total. The summed E-state index contributed by atoms with van der Waals surface area (Å²) in [5, 5.41) is 2.99. The van der Waals surface area contributed by atoms with Gasteiger partial charge in [-0.1, -0.05) is 20.8 Å². The van der Waals surface area contributed by atoms with E-state index in [1.165, 1.54) is 0 Å². The second kappa shape index (κ2) is 10.2. The molecule has 3 saturated heterocycles. The van der Waals surface area contributed by atoms with Crippen molar-refractivity contribution in [2.45, 2.75) is 52.6 Å². The highest BCUT2D eigenvalue weighted by atomic mass is 16.5. The molecule has 3 fully saturated rings. The molecule has 0 aromatic rings. The molecular weight excluding hydrogens is 368 g/mol. The molecule has 166 valence electrons. The van der Waals surface area contributed by atoms with Gasteiger partial charge in [0.25, 0.3) is 0 Å². The first-order valence-electron chi connectivity index (χ1n) is 11.5. The van der Waals surface area contributed by atoms with Gasteiger partial charge in [-0.2, -0.15) is 0 Å². The predicted molar refractivity (Wildman–Crippen MR) is 114 cm³/mol. The summed E-state index contributed by atoms with van der Waals surface area (Å²) in [5.74, 6) is 0.402. The molecule has 0 radical (unpaired) electrons. The molecule has 3 aliphatic rings. The Hall–Kier alpha value is -1.18. The second-order valence-electron chi connectivity index (χ2n) is 9.44. The number of amides is 2. The molecule has 1 atom stereocenters. The van der Waals surface area contributed by atoms with E-state index in [4.69, 9.17) is 4.74 Å². The number of nitrogens with one attached hydrogen (secondary N) is 1. The molecule has 0 aromatic heterocycles. The van der Waals surface area contributed by atoms with E-state index >= 15 is 0 Å². The van der Waals surface area contributed by atoms with Crippen molar-refractivity contribution < 1.29 is 14.3 Å². The molecule has 2 amide bonds. The van der Waals surface area contributed by atoms with E-state index in [1.54, 1.807) is 0 Å². The third-order valence-corrected chi connectivity index (χ3v) is 7.05. The van der Waals surface area contributed by atoms with Gasteiger partial charge in [-0.15, -0.1) is 0 Å². The smallest absolute Gasteiger partial charge is 0.223 e. The number of likely N-dealkylation sites (tertiary alicyclic amines) is 1. The van der Waals surface area contributed by atoms with Gasteiger partial charge in [0.1, 0.15) is 0 Å². The maximum Gasteiger partial charge on any atom is 0.223 e. The molecule has 3 heterocycles. The number of hydrogen-bond donors (Lipinski definition) is 1. The molecule has 0 saturated carbocycles. The highest BCUT2D eigenvalue weighted by Gasteiger charge is 2.43. The number of carbonyl (C=O) groups excluding carboxylic acids is 2. The highest BCUT2D eigenvalue weighted by Crippen LogP contribution is 2.41. The van der Waals surface area contributed by atoms with E-state index in [9.17, 15) is 9.59 Å². The van der Waals surface area contributed by atoms with Crippen LogP contribution in [0.15, 0.2) is 0 Å². The number of likely N-dealkylation sites (N-methyl/N-ethyl adjacent to an activating group) is 1. The number of hydrogen-bond acceptors (Lipinski definition) is 5. The lowest BCUT2D eigenvalue weighted by atomic mass is 9.76. The number of piperidine rings is 1. The molecule has 3 rings (SSSR count). The van der Waals surface area contributed by atoms with E-state index in [2.05, 4.69) is 26.9 Å². The third kappa shape index (κ3) is 6.15. The Morgan fingerprint density at radius 2 is 1.72 bits per heavy atom. The fourth-order valence-corrected chi connectivity index (χ4v) is 4.77. The van der Waals surface area contributed by atoms with Crippen molar-refractivity contribution >= 4 is 11.8 Å². The van der Waals surface area contributed by atoms with Crippen molar-refractivity contribution in [2.75, 3.05) is 65.5 Å². The molecule has 0 bridgehead atoms. The van der Waals surface area contributed by atoms with E-state index in [0.717, 1.165) is 78.2 Å². The Morgan fingerprint density at radius 1 is 1.07 bits per heavy atom. The predicted octanol–water partition coefficient (Wildman–Crippen LogP) is 1.18. The van der Waals surface area contributed by atoms with Crippen molar-refractivity contribution in [1.82, 2.24) is 20.0 Å². The Balaban J connectivity index is 1.35. The first kappa shape index (κ1) is 22.5. The van der Waals surface area contributed by atoms with Crippen LogP contribution in [0.4, 0.5) is 0 Å². The number of nitrogens with zero attached hydrogens (tertiary/aromatic N) is 3. The highest BCUT2D eigenvalue weighted by molar-refractivity contribution is 5.77. The van der Waals surface area contributed by atoms with Crippen LogP contribution in [0.25, 0.3) is 0 Å². The maximum atomic E-state index is 12.7. The van der Waals surface area contributed by atoms with Gasteiger partial charge in [0.05, 0.1) is 12.7 Å². The first-order chi connectivity index (χ1) is 13.9. The Labute approximate surface area is 176 Å². The van der Waals surface area contributed by atoms with Crippen molar-refractivity contribution in [3.8, 4) is 0 Å². The summed E-state index contributed by atoms with van der Waals surface area (Å²) in [5.41, 5.74) is 0.195. The number of rotatable bonds is 7. The van der Waals surface area contributed by atoms with Crippen molar-refractivity contribution in [1.29, 1.82) is 0 Å². The quantitative estimate of drug-likeness (QED) is 0.685. The molecule has 0 aliphatic carbocycles. The van der Waals surface area contributed by atoms with Crippen LogP contribution in [-0.2, 0) is 14.3 Å². The zero-order valence-electron chi connectivity index (χ0n) is 18.6. The molecule has 0 aromatic carbocycles. The molecule has 1 spiro atoms. The standard InChI is InChI=1S/C22H40N4O3/c1-4-24-11-13-25(14-12-24)8-5-20(27)26-9-6-22(7-10-26)15-19(29-17-22)16-23-21(28)18(2)3/h18-19H,4-17H2,1-3H3,(H,23,28). The summed E-state index contributed by atoms with van der Waals surface area (Å²) in [6.45, 7) is 15.5. The van der Waals surface area contributed by atoms with E-state index in [1.807, 2.05) is 13.8 Å². The summed E-state index contributed by atoms with van der Waals surface area (Å²) in [6.07, 6.45) is 3.78. The summed E-state index contributed by atoms with van der Waals surface area (Å²) >= 11 is 0. The van der Waals surface area contributed by atoms with Gasteiger partial charge in [-0.3, -0.25) is 9.59 Å². The number of piperazine rings is 1. The summed E-state index contributed by atoms with van der Waals surface area (Å²) in [7, 11) is 0. The van der Waals surface area contributed by atoms with Crippen LogP contribution in [0.5, 0.6) is 0 Å². The van der Waals surface area contributed by atoms with Crippen LogP contribution in [-0.4, -0.2) is 98.1 Å². The zero-order valence-corrected chi connectivity index (χ0v) is 18.6. The fraction of sp³-hybridized carbons (Fsp3) is 0.909. The minimum absolute atomic E-state index is 0.00938. The van der Waals surface area contributed by atoms with Gasteiger partial charge in [0, 0.05) is 64.7 Å². The van der Waals surface area contributed by atoms with Gasteiger partial charge in [-0.25, -0.2) is 0 Å². The monoisotopic (exact) mass is 408 g/mol. The SMILES string of the molecule is CCN1CCN(CCC(=O)N2CCC3(CC2)COC(CNC(=O)C(C)C)C3)CC1. The lowest BCUT2D eigenvalue weighted by Crippen LogP contribution is -2.48. The van der Waals surface area contributed by atoms with Crippen molar-refractivity contribution in [2.24, 2.45) is 11.3 Å². The van der Waals surface area contributed by atoms with Crippen LogP contribution in [0, 0.1) is 11.3 Å². The summed E-state index contributed by atoms with van der Waals surface area (Å²) < 4.78 is 5.99. The van der Waals surface area contributed by atoms with E-state index in [-0.39, 0.29) is 23.3 Å². The van der Waals surface area contributed by atoms with Gasteiger partial charge in [0.2, 0.25) is 11.8 Å². The first-order valence-corrected chi connectivity index (χ1v) is 11.5.